The summed E-state index contributed by atoms with van der Waals surface area (Å²) in [4.78, 5) is 0. The SMILES string of the molecule is CCC(NCCCOCc1ccco1)c1ccc(F)cc1. The molecule has 21 heavy (non-hydrogen) atoms. The highest BCUT2D eigenvalue weighted by Crippen LogP contribution is 2.16. The molecule has 0 radical (unpaired) electrons. The lowest BCUT2D eigenvalue weighted by molar-refractivity contribution is 0.103. The fraction of sp³-hybridized carbons (Fsp3) is 0.412. The van der Waals surface area contributed by atoms with Crippen LogP contribution in [-0.2, 0) is 11.3 Å². The van der Waals surface area contributed by atoms with E-state index in [0.717, 1.165) is 30.7 Å². The number of rotatable bonds is 9. The summed E-state index contributed by atoms with van der Waals surface area (Å²) in [6.07, 6.45) is 3.55. The summed E-state index contributed by atoms with van der Waals surface area (Å²) >= 11 is 0. The molecule has 1 aromatic heterocycles. The molecule has 0 amide bonds. The van der Waals surface area contributed by atoms with Gasteiger partial charge in [-0.25, -0.2) is 4.39 Å². The second-order valence-corrected chi connectivity index (χ2v) is 4.95. The van der Waals surface area contributed by atoms with Crippen LogP contribution in [0.15, 0.2) is 47.1 Å². The minimum Gasteiger partial charge on any atom is -0.467 e. The average molecular weight is 291 g/mol. The Morgan fingerprint density at radius 1 is 1.24 bits per heavy atom. The molecule has 3 nitrogen and oxygen atoms in total. The molecule has 114 valence electrons. The minimum absolute atomic E-state index is 0.195. The molecule has 0 aliphatic rings. The Morgan fingerprint density at radius 3 is 2.71 bits per heavy atom. The van der Waals surface area contributed by atoms with Crippen molar-refractivity contribution in [3.8, 4) is 0 Å². The van der Waals surface area contributed by atoms with Crippen molar-refractivity contribution in [1.82, 2.24) is 5.32 Å². The summed E-state index contributed by atoms with van der Waals surface area (Å²) in [5, 5.41) is 3.47. The van der Waals surface area contributed by atoms with Gasteiger partial charge in [-0.15, -0.1) is 0 Å². The third-order valence-electron chi connectivity index (χ3n) is 3.36. The van der Waals surface area contributed by atoms with Crippen molar-refractivity contribution in [2.75, 3.05) is 13.2 Å². The summed E-state index contributed by atoms with van der Waals surface area (Å²) in [6.45, 7) is 4.19. The van der Waals surface area contributed by atoms with E-state index in [1.807, 2.05) is 24.3 Å². The number of furan rings is 1. The Hall–Kier alpha value is -1.65. The fourth-order valence-corrected chi connectivity index (χ4v) is 2.21. The smallest absolute Gasteiger partial charge is 0.129 e. The van der Waals surface area contributed by atoms with Crippen LogP contribution in [0.5, 0.6) is 0 Å². The van der Waals surface area contributed by atoms with Crippen molar-refractivity contribution in [2.45, 2.75) is 32.4 Å². The van der Waals surface area contributed by atoms with E-state index in [-0.39, 0.29) is 11.9 Å². The molecule has 0 aliphatic carbocycles. The standard InChI is InChI=1S/C17H22FNO2/c1-2-17(14-6-8-15(18)9-7-14)19-10-4-11-20-13-16-5-3-12-21-16/h3,5-9,12,17,19H,2,4,10-11,13H2,1H3. The van der Waals surface area contributed by atoms with Gasteiger partial charge in [0, 0.05) is 12.6 Å². The number of ether oxygens (including phenoxy) is 1. The maximum absolute atomic E-state index is 12.9. The second-order valence-electron chi connectivity index (χ2n) is 4.95. The van der Waals surface area contributed by atoms with Crippen molar-refractivity contribution in [1.29, 1.82) is 0 Å². The maximum atomic E-state index is 12.9. The first-order valence-corrected chi connectivity index (χ1v) is 7.38. The summed E-state index contributed by atoms with van der Waals surface area (Å²) in [5.41, 5.74) is 1.12. The summed E-state index contributed by atoms with van der Waals surface area (Å²) in [5.74, 6) is 0.653. The Morgan fingerprint density at radius 2 is 2.05 bits per heavy atom. The van der Waals surface area contributed by atoms with Gasteiger partial charge in [-0.1, -0.05) is 19.1 Å². The van der Waals surface area contributed by atoms with Crippen LogP contribution in [0.3, 0.4) is 0 Å². The van der Waals surface area contributed by atoms with Crippen LogP contribution in [0.4, 0.5) is 4.39 Å². The van der Waals surface area contributed by atoms with Crippen molar-refractivity contribution in [2.24, 2.45) is 0 Å². The van der Waals surface area contributed by atoms with E-state index in [1.54, 1.807) is 6.26 Å². The van der Waals surface area contributed by atoms with Crippen LogP contribution in [0, 0.1) is 5.82 Å². The van der Waals surface area contributed by atoms with E-state index in [4.69, 9.17) is 9.15 Å². The molecule has 2 aromatic rings. The molecule has 1 N–H and O–H groups in total. The Balaban J connectivity index is 1.63. The number of benzene rings is 1. The van der Waals surface area contributed by atoms with Crippen molar-refractivity contribution in [3.63, 3.8) is 0 Å². The third-order valence-corrected chi connectivity index (χ3v) is 3.36. The lowest BCUT2D eigenvalue weighted by Gasteiger charge is -2.17. The Kier molecular flexibility index (Phi) is 6.44. The zero-order chi connectivity index (χ0) is 14.9. The number of nitrogens with one attached hydrogen (secondary N) is 1. The zero-order valence-electron chi connectivity index (χ0n) is 12.3. The van der Waals surface area contributed by atoms with Crippen LogP contribution in [0.2, 0.25) is 0 Å². The summed E-state index contributed by atoms with van der Waals surface area (Å²) in [6, 6.07) is 10.7. The highest BCUT2D eigenvalue weighted by Gasteiger charge is 2.08. The van der Waals surface area contributed by atoms with Gasteiger partial charge < -0.3 is 14.5 Å². The highest BCUT2D eigenvalue weighted by atomic mass is 19.1. The third kappa shape index (κ3) is 5.33. The van der Waals surface area contributed by atoms with Crippen molar-refractivity contribution >= 4 is 0 Å². The molecular formula is C17H22FNO2. The molecule has 0 saturated heterocycles. The highest BCUT2D eigenvalue weighted by molar-refractivity contribution is 5.19. The van der Waals surface area contributed by atoms with Crippen LogP contribution in [-0.4, -0.2) is 13.2 Å². The molecule has 1 aromatic carbocycles. The average Bonchev–Trinajstić information content (AvgIpc) is 3.01. The van der Waals surface area contributed by atoms with Gasteiger partial charge in [0.05, 0.1) is 6.26 Å². The zero-order valence-corrected chi connectivity index (χ0v) is 12.3. The van der Waals surface area contributed by atoms with Gasteiger partial charge in [0.25, 0.3) is 0 Å². The first-order chi connectivity index (χ1) is 10.3. The molecular weight excluding hydrogens is 269 g/mol. The van der Waals surface area contributed by atoms with Crippen LogP contribution >= 0.6 is 0 Å². The van der Waals surface area contributed by atoms with E-state index in [2.05, 4.69) is 12.2 Å². The topological polar surface area (TPSA) is 34.4 Å². The fourth-order valence-electron chi connectivity index (χ4n) is 2.21. The molecule has 1 atom stereocenters. The maximum Gasteiger partial charge on any atom is 0.129 e. The van der Waals surface area contributed by atoms with Gasteiger partial charge in [-0.05, 0) is 49.2 Å². The Bertz CT molecular complexity index is 496. The van der Waals surface area contributed by atoms with Gasteiger partial charge in [0.15, 0.2) is 0 Å². The molecule has 0 saturated carbocycles. The van der Waals surface area contributed by atoms with Gasteiger partial charge in [-0.2, -0.15) is 0 Å². The molecule has 1 unspecified atom stereocenters. The normalized spacial score (nSPS) is 12.5. The number of hydrogen-bond donors (Lipinski definition) is 1. The monoisotopic (exact) mass is 291 g/mol. The first kappa shape index (κ1) is 15.7. The molecule has 1 heterocycles. The van der Waals surface area contributed by atoms with E-state index >= 15 is 0 Å². The molecule has 0 fully saturated rings. The van der Waals surface area contributed by atoms with E-state index in [1.165, 1.54) is 12.1 Å². The van der Waals surface area contributed by atoms with Crippen molar-refractivity contribution in [3.05, 3.63) is 59.8 Å². The number of halogens is 1. The molecule has 4 heteroatoms. The second kappa shape index (κ2) is 8.60. The molecule has 0 spiro atoms. The summed E-state index contributed by atoms with van der Waals surface area (Å²) in [7, 11) is 0. The molecule has 0 bridgehead atoms. The van der Waals surface area contributed by atoms with Gasteiger partial charge >= 0.3 is 0 Å². The minimum atomic E-state index is -0.195. The van der Waals surface area contributed by atoms with E-state index in [9.17, 15) is 4.39 Å². The summed E-state index contributed by atoms with van der Waals surface area (Å²) < 4.78 is 23.6. The van der Waals surface area contributed by atoms with Crippen LogP contribution in [0.1, 0.15) is 37.1 Å². The molecule has 0 aliphatic heterocycles. The lowest BCUT2D eigenvalue weighted by Crippen LogP contribution is -2.22. The van der Waals surface area contributed by atoms with E-state index < -0.39 is 0 Å². The first-order valence-electron chi connectivity index (χ1n) is 7.38. The van der Waals surface area contributed by atoms with Gasteiger partial charge in [-0.3, -0.25) is 0 Å². The Labute approximate surface area is 125 Å². The predicted molar refractivity (Wildman–Crippen MR) is 80.4 cm³/mol. The number of hydrogen-bond acceptors (Lipinski definition) is 3. The quantitative estimate of drug-likeness (QED) is 0.707. The van der Waals surface area contributed by atoms with Crippen molar-refractivity contribution < 1.29 is 13.5 Å². The van der Waals surface area contributed by atoms with Gasteiger partial charge in [0.2, 0.25) is 0 Å². The molecule has 2 rings (SSSR count). The van der Waals surface area contributed by atoms with E-state index in [0.29, 0.717) is 13.2 Å². The van der Waals surface area contributed by atoms with Gasteiger partial charge in [0.1, 0.15) is 18.2 Å². The largest absolute Gasteiger partial charge is 0.467 e. The van der Waals surface area contributed by atoms with Crippen LogP contribution < -0.4 is 5.32 Å². The lowest BCUT2D eigenvalue weighted by atomic mass is 10.0. The van der Waals surface area contributed by atoms with Crippen LogP contribution in [0.25, 0.3) is 0 Å². The predicted octanol–water partition coefficient (Wildman–Crippen LogP) is 4.07.